The monoisotopic (exact) mass is 298 g/mol. The normalized spacial score (nSPS) is 15.5. The van der Waals surface area contributed by atoms with Crippen molar-refractivity contribution in [2.75, 3.05) is 13.7 Å². The third-order valence-corrected chi connectivity index (χ3v) is 3.74. The van der Waals surface area contributed by atoms with E-state index in [-0.39, 0.29) is 28.3 Å². The van der Waals surface area contributed by atoms with Crippen molar-refractivity contribution in [1.82, 2.24) is 5.32 Å². The minimum Gasteiger partial charge on any atom is -0.490 e. The SMILES string of the molecule is COc1ccc(C(=O)NCC(Cl)C2CC2)cc1[N+](=O)[O-]. The van der Waals surface area contributed by atoms with E-state index in [9.17, 15) is 14.9 Å². The Labute approximate surface area is 121 Å². The predicted molar refractivity (Wildman–Crippen MR) is 74.3 cm³/mol. The molecule has 7 heteroatoms. The summed E-state index contributed by atoms with van der Waals surface area (Å²) >= 11 is 6.10. The summed E-state index contributed by atoms with van der Waals surface area (Å²) in [4.78, 5) is 22.2. The number of amides is 1. The number of rotatable bonds is 6. The number of carbonyl (C=O) groups excluding carboxylic acids is 1. The van der Waals surface area contributed by atoms with E-state index in [1.165, 1.54) is 25.3 Å². The minimum atomic E-state index is -0.579. The van der Waals surface area contributed by atoms with Crippen molar-refractivity contribution in [3.8, 4) is 5.75 Å². The van der Waals surface area contributed by atoms with E-state index in [0.717, 1.165) is 12.8 Å². The first-order chi connectivity index (χ1) is 9.52. The van der Waals surface area contributed by atoms with Crippen LogP contribution >= 0.6 is 11.6 Å². The van der Waals surface area contributed by atoms with Gasteiger partial charge in [-0.2, -0.15) is 0 Å². The van der Waals surface area contributed by atoms with Gasteiger partial charge in [-0.1, -0.05) is 0 Å². The number of nitrogens with zero attached hydrogens (tertiary/aromatic N) is 1. The number of halogens is 1. The second-order valence-electron chi connectivity index (χ2n) is 4.71. The van der Waals surface area contributed by atoms with Gasteiger partial charge in [-0.05, 0) is 30.9 Å². The highest BCUT2D eigenvalue weighted by Gasteiger charge is 2.30. The number of carbonyl (C=O) groups is 1. The first kappa shape index (κ1) is 14.6. The number of methoxy groups -OCH3 is 1. The Bertz CT molecular complexity index is 531. The van der Waals surface area contributed by atoms with Gasteiger partial charge in [0.25, 0.3) is 5.91 Å². The molecule has 6 nitrogen and oxygen atoms in total. The lowest BCUT2D eigenvalue weighted by Gasteiger charge is -2.10. The topological polar surface area (TPSA) is 81.5 Å². The summed E-state index contributed by atoms with van der Waals surface area (Å²) in [6.45, 7) is 0.366. The van der Waals surface area contributed by atoms with Crippen LogP contribution in [0.1, 0.15) is 23.2 Å². The molecule has 1 aliphatic rings. The molecule has 1 unspecified atom stereocenters. The lowest BCUT2D eigenvalue weighted by atomic mass is 10.1. The largest absolute Gasteiger partial charge is 0.490 e. The van der Waals surface area contributed by atoms with Gasteiger partial charge in [0, 0.05) is 18.2 Å². The number of hydrogen-bond acceptors (Lipinski definition) is 4. The predicted octanol–water partition coefficient (Wildman–Crippen LogP) is 2.35. The van der Waals surface area contributed by atoms with Crippen LogP contribution in [-0.4, -0.2) is 29.9 Å². The van der Waals surface area contributed by atoms with Crippen LogP contribution in [0.2, 0.25) is 0 Å². The van der Waals surface area contributed by atoms with Crippen LogP contribution in [0.3, 0.4) is 0 Å². The molecule has 108 valence electrons. The highest BCUT2D eigenvalue weighted by molar-refractivity contribution is 6.21. The van der Waals surface area contributed by atoms with Gasteiger partial charge in [0.2, 0.25) is 0 Å². The van der Waals surface area contributed by atoms with E-state index >= 15 is 0 Å². The van der Waals surface area contributed by atoms with Crippen LogP contribution in [0, 0.1) is 16.0 Å². The fourth-order valence-corrected chi connectivity index (χ4v) is 2.22. The van der Waals surface area contributed by atoms with E-state index < -0.39 is 4.92 Å². The zero-order valence-corrected chi connectivity index (χ0v) is 11.7. The maximum atomic E-state index is 11.9. The zero-order chi connectivity index (χ0) is 14.7. The minimum absolute atomic E-state index is 0.0767. The maximum absolute atomic E-state index is 11.9. The van der Waals surface area contributed by atoms with E-state index in [0.29, 0.717) is 12.5 Å². The van der Waals surface area contributed by atoms with Gasteiger partial charge in [-0.15, -0.1) is 11.6 Å². The van der Waals surface area contributed by atoms with Gasteiger partial charge in [-0.25, -0.2) is 0 Å². The Balaban J connectivity index is 2.05. The number of benzene rings is 1. The summed E-state index contributed by atoms with van der Waals surface area (Å²) in [5, 5.41) is 13.5. The molecule has 1 saturated carbocycles. The molecule has 20 heavy (non-hydrogen) atoms. The van der Waals surface area contributed by atoms with Gasteiger partial charge in [0.05, 0.1) is 17.4 Å². The molecule has 0 heterocycles. The van der Waals surface area contributed by atoms with Crippen molar-refractivity contribution in [1.29, 1.82) is 0 Å². The van der Waals surface area contributed by atoms with E-state index in [1.54, 1.807) is 0 Å². The van der Waals surface area contributed by atoms with Crippen LogP contribution in [0.15, 0.2) is 18.2 Å². The smallest absolute Gasteiger partial charge is 0.311 e. The van der Waals surface area contributed by atoms with Gasteiger partial charge >= 0.3 is 5.69 Å². The Hall–Kier alpha value is -1.82. The highest BCUT2D eigenvalue weighted by atomic mass is 35.5. The molecule has 1 fully saturated rings. The Morgan fingerprint density at radius 3 is 2.85 bits per heavy atom. The van der Waals surface area contributed by atoms with Crippen LogP contribution in [0.25, 0.3) is 0 Å². The molecule has 1 atom stereocenters. The number of nitro benzene ring substituents is 1. The number of ether oxygens (including phenoxy) is 1. The Morgan fingerprint density at radius 2 is 2.30 bits per heavy atom. The number of nitro groups is 1. The van der Waals surface area contributed by atoms with E-state index in [1.807, 2.05) is 0 Å². The first-order valence-corrected chi connectivity index (χ1v) is 6.71. The molecule has 0 bridgehead atoms. The van der Waals surface area contributed by atoms with Crippen molar-refractivity contribution in [2.24, 2.45) is 5.92 Å². The molecule has 1 aromatic carbocycles. The molecule has 1 aromatic rings. The maximum Gasteiger partial charge on any atom is 0.311 e. The average molecular weight is 299 g/mol. The second-order valence-corrected chi connectivity index (χ2v) is 5.27. The van der Waals surface area contributed by atoms with Crippen molar-refractivity contribution < 1.29 is 14.5 Å². The van der Waals surface area contributed by atoms with E-state index in [4.69, 9.17) is 16.3 Å². The quantitative estimate of drug-likeness (QED) is 0.496. The molecule has 1 amide bonds. The standard InChI is InChI=1S/C13H15ClN2O4/c1-20-12-5-4-9(6-11(12)16(18)19)13(17)15-7-10(14)8-2-3-8/h4-6,8,10H,2-3,7H2,1H3,(H,15,17). The summed E-state index contributed by atoms with van der Waals surface area (Å²) < 4.78 is 4.88. The molecular formula is C13H15ClN2O4. The van der Waals surface area contributed by atoms with Crippen molar-refractivity contribution in [3.05, 3.63) is 33.9 Å². The molecule has 0 saturated heterocycles. The molecule has 0 aliphatic heterocycles. The van der Waals surface area contributed by atoms with Crippen LogP contribution < -0.4 is 10.1 Å². The van der Waals surface area contributed by atoms with Crippen molar-refractivity contribution >= 4 is 23.2 Å². The highest BCUT2D eigenvalue weighted by Crippen LogP contribution is 2.35. The van der Waals surface area contributed by atoms with Crippen LogP contribution in [0.4, 0.5) is 5.69 Å². The van der Waals surface area contributed by atoms with Crippen molar-refractivity contribution in [2.45, 2.75) is 18.2 Å². The second kappa shape index (κ2) is 6.09. The lowest BCUT2D eigenvalue weighted by Crippen LogP contribution is -2.30. The summed E-state index contributed by atoms with van der Waals surface area (Å²) in [6, 6.07) is 4.10. The third kappa shape index (κ3) is 3.39. The number of alkyl halides is 1. The van der Waals surface area contributed by atoms with E-state index in [2.05, 4.69) is 5.32 Å². The summed E-state index contributed by atoms with van der Waals surface area (Å²) in [5.41, 5.74) is -0.0121. The molecule has 0 radical (unpaired) electrons. The van der Waals surface area contributed by atoms with Gasteiger partial charge < -0.3 is 10.1 Å². The van der Waals surface area contributed by atoms with Gasteiger partial charge in [0.1, 0.15) is 0 Å². The van der Waals surface area contributed by atoms with Gasteiger partial charge in [0.15, 0.2) is 5.75 Å². The van der Waals surface area contributed by atoms with Crippen LogP contribution in [0.5, 0.6) is 5.75 Å². The third-order valence-electron chi connectivity index (χ3n) is 3.23. The molecule has 0 spiro atoms. The fraction of sp³-hybridized carbons (Fsp3) is 0.462. The molecule has 1 N–H and O–H groups in total. The molecular weight excluding hydrogens is 284 g/mol. The number of nitrogens with one attached hydrogen (secondary N) is 1. The first-order valence-electron chi connectivity index (χ1n) is 6.27. The Morgan fingerprint density at radius 1 is 1.60 bits per heavy atom. The van der Waals surface area contributed by atoms with Gasteiger partial charge in [-0.3, -0.25) is 14.9 Å². The molecule has 2 rings (SSSR count). The van der Waals surface area contributed by atoms with Crippen molar-refractivity contribution in [3.63, 3.8) is 0 Å². The summed E-state index contributed by atoms with van der Waals surface area (Å²) in [7, 11) is 1.34. The average Bonchev–Trinajstić information content (AvgIpc) is 3.28. The number of hydrogen-bond donors (Lipinski definition) is 1. The molecule has 1 aliphatic carbocycles. The lowest BCUT2D eigenvalue weighted by molar-refractivity contribution is -0.385. The Kier molecular flexibility index (Phi) is 4.44. The fourth-order valence-electron chi connectivity index (χ4n) is 1.89. The summed E-state index contributed by atoms with van der Waals surface area (Å²) in [5.74, 6) is 0.226. The molecule has 0 aromatic heterocycles. The zero-order valence-electron chi connectivity index (χ0n) is 11.0. The van der Waals surface area contributed by atoms with Crippen LogP contribution in [-0.2, 0) is 0 Å². The summed E-state index contributed by atoms with van der Waals surface area (Å²) in [6.07, 6.45) is 2.19.